The Labute approximate surface area is 88.4 Å². The molecule has 1 aromatic carbocycles. The average Bonchev–Trinajstić information content (AvgIpc) is 2.63. The molecule has 0 amide bonds. The van der Waals surface area contributed by atoms with Gasteiger partial charge < -0.3 is 9.82 Å². The summed E-state index contributed by atoms with van der Waals surface area (Å²) in [6.45, 7) is 4.68. The first-order valence-corrected chi connectivity index (χ1v) is 4.89. The van der Waals surface area contributed by atoms with Crippen molar-refractivity contribution in [1.29, 1.82) is 0 Å². The van der Waals surface area contributed by atoms with Gasteiger partial charge >= 0.3 is 0 Å². The molecule has 2 aromatic rings. The summed E-state index contributed by atoms with van der Waals surface area (Å²) < 4.78 is 0. The highest BCUT2D eigenvalue weighted by Crippen LogP contribution is 2.25. The topological polar surface area (TPSA) is 63.9 Å². The third kappa shape index (κ3) is 1.86. The Morgan fingerprint density at radius 1 is 1.47 bits per heavy atom. The number of aromatic nitrogens is 2. The van der Waals surface area contributed by atoms with Crippen LogP contribution in [0.4, 0.5) is 0 Å². The molecule has 0 fully saturated rings. The predicted molar refractivity (Wildman–Crippen MR) is 59.3 cm³/mol. The van der Waals surface area contributed by atoms with E-state index in [0.717, 1.165) is 11.0 Å². The van der Waals surface area contributed by atoms with Crippen LogP contribution in [0.3, 0.4) is 0 Å². The molecule has 1 aromatic heterocycles. The molecule has 0 atom stereocenters. The molecule has 4 heteroatoms. The Kier molecular flexibility index (Phi) is 2.46. The molecule has 0 saturated carbocycles. The fourth-order valence-electron chi connectivity index (χ4n) is 1.65. The van der Waals surface area contributed by atoms with Crippen molar-refractivity contribution in [2.75, 3.05) is 6.61 Å². The normalized spacial score (nSPS) is 12.2. The lowest BCUT2D eigenvalue weighted by Crippen LogP contribution is -2.26. The first-order chi connectivity index (χ1) is 7.13. The molecule has 0 saturated heterocycles. The van der Waals surface area contributed by atoms with E-state index in [1.54, 1.807) is 6.33 Å². The quantitative estimate of drug-likeness (QED) is 0.750. The van der Waals surface area contributed by atoms with Crippen LogP contribution in [0.5, 0.6) is 0 Å². The molecule has 0 aliphatic carbocycles. The lowest BCUT2D eigenvalue weighted by atomic mass is 9.85. The molecule has 0 bridgehead atoms. The van der Waals surface area contributed by atoms with Gasteiger partial charge in [0.15, 0.2) is 0 Å². The average molecular weight is 205 g/mol. The second kappa shape index (κ2) is 3.64. The van der Waals surface area contributed by atoms with Crippen molar-refractivity contribution in [3.05, 3.63) is 30.1 Å². The van der Waals surface area contributed by atoms with E-state index in [1.807, 2.05) is 6.07 Å². The van der Waals surface area contributed by atoms with Crippen LogP contribution in [-0.2, 0) is 10.3 Å². The van der Waals surface area contributed by atoms with E-state index in [1.165, 1.54) is 5.56 Å². The number of nitrogens with one attached hydrogen (secondary N) is 1. The molecule has 3 N–H and O–H groups in total. The standard InChI is InChI=1S/C11H15N3O/c1-11(2,6-15-12)8-3-4-9-10(5-8)14-7-13-9/h3-5,7H,6,12H2,1-2H3,(H,13,14). The zero-order valence-corrected chi connectivity index (χ0v) is 8.95. The Bertz CT molecular complexity index is 462. The van der Waals surface area contributed by atoms with Gasteiger partial charge in [0, 0.05) is 5.41 Å². The Morgan fingerprint density at radius 2 is 2.27 bits per heavy atom. The molecule has 1 heterocycles. The molecule has 0 radical (unpaired) electrons. The first kappa shape index (κ1) is 10.1. The summed E-state index contributed by atoms with van der Waals surface area (Å²) in [4.78, 5) is 12.0. The molecule has 80 valence electrons. The van der Waals surface area contributed by atoms with Gasteiger partial charge in [-0.15, -0.1) is 0 Å². The second-order valence-electron chi connectivity index (χ2n) is 4.33. The zero-order chi connectivity index (χ0) is 10.9. The number of H-pyrrole nitrogens is 1. The summed E-state index contributed by atoms with van der Waals surface area (Å²) in [5, 5.41) is 0. The molecular formula is C11H15N3O. The zero-order valence-electron chi connectivity index (χ0n) is 8.95. The summed E-state index contributed by atoms with van der Waals surface area (Å²) in [5.41, 5.74) is 3.11. The van der Waals surface area contributed by atoms with Gasteiger partial charge in [-0.25, -0.2) is 10.9 Å². The van der Waals surface area contributed by atoms with Gasteiger partial charge in [0.05, 0.1) is 24.0 Å². The molecule has 4 nitrogen and oxygen atoms in total. The van der Waals surface area contributed by atoms with Crippen molar-refractivity contribution in [3.8, 4) is 0 Å². The molecule has 0 aliphatic heterocycles. The van der Waals surface area contributed by atoms with Crippen LogP contribution in [0, 0.1) is 0 Å². The Hall–Kier alpha value is -1.39. The highest BCUT2D eigenvalue weighted by molar-refractivity contribution is 5.75. The number of benzene rings is 1. The third-order valence-electron chi connectivity index (χ3n) is 2.65. The van der Waals surface area contributed by atoms with Crippen LogP contribution in [0.2, 0.25) is 0 Å². The van der Waals surface area contributed by atoms with Crippen LogP contribution < -0.4 is 5.90 Å². The minimum Gasteiger partial charge on any atom is -0.345 e. The predicted octanol–water partition coefficient (Wildman–Crippen LogP) is 1.73. The first-order valence-electron chi connectivity index (χ1n) is 4.89. The van der Waals surface area contributed by atoms with Gasteiger partial charge in [-0.2, -0.15) is 0 Å². The van der Waals surface area contributed by atoms with Crippen LogP contribution in [-0.4, -0.2) is 16.6 Å². The number of imidazole rings is 1. The second-order valence-corrected chi connectivity index (χ2v) is 4.33. The molecule has 0 aliphatic rings. The van der Waals surface area contributed by atoms with Crippen molar-refractivity contribution in [2.45, 2.75) is 19.3 Å². The number of rotatable bonds is 3. The molecule has 2 rings (SSSR count). The van der Waals surface area contributed by atoms with E-state index in [2.05, 4.69) is 35.9 Å². The summed E-state index contributed by atoms with van der Waals surface area (Å²) in [5.74, 6) is 5.12. The van der Waals surface area contributed by atoms with Crippen LogP contribution >= 0.6 is 0 Å². The van der Waals surface area contributed by atoms with E-state index < -0.39 is 0 Å². The van der Waals surface area contributed by atoms with Gasteiger partial charge in [0.1, 0.15) is 0 Å². The number of nitrogens with zero attached hydrogens (tertiary/aromatic N) is 1. The van der Waals surface area contributed by atoms with Crippen LogP contribution in [0.1, 0.15) is 19.4 Å². The largest absolute Gasteiger partial charge is 0.345 e. The van der Waals surface area contributed by atoms with E-state index in [4.69, 9.17) is 10.7 Å². The lowest BCUT2D eigenvalue weighted by Gasteiger charge is -2.23. The Balaban J connectivity index is 2.42. The Morgan fingerprint density at radius 3 is 3.00 bits per heavy atom. The van der Waals surface area contributed by atoms with Crippen molar-refractivity contribution < 1.29 is 4.84 Å². The lowest BCUT2D eigenvalue weighted by molar-refractivity contribution is 0.0965. The highest BCUT2D eigenvalue weighted by Gasteiger charge is 2.21. The van der Waals surface area contributed by atoms with Crippen molar-refractivity contribution in [1.82, 2.24) is 9.97 Å². The van der Waals surface area contributed by atoms with Gasteiger partial charge in [-0.3, -0.25) is 0 Å². The maximum Gasteiger partial charge on any atom is 0.0931 e. The van der Waals surface area contributed by atoms with E-state index >= 15 is 0 Å². The SMILES string of the molecule is CC(C)(CON)c1ccc2nc[nH]c2c1. The molecule has 0 unspecified atom stereocenters. The smallest absolute Gasteiger partial charge is 0.0931 e. The third-order valence-corrected chi connectivity index (χ3v) is 2.65. The summed E-state index contributed by atoms with van der Waals surface area (Å²) in [7, 11) is 0. The maximum atomic E-state index is 5.12. The summed E-state index contributed by atoms with van der Waals surface area (Å²) in [6.07, 6.45) is 1.70. The fourth-order valence-corrected chi connectivity index (χ4v) is 1.65. The van der Waals surface area contributed by atoms with Crippen molar-refractivity contribution in [2.24, 2.45) is 5.90 Å². The van der Waals surface area contributed by atoms with E-state index in [0.29, 0.717) is 6.61 Å². The summed E-state index contributed by atoms with van der Waals surface area (Å²) >= 11 is 0. The van der Waals surface area contributed by atoms with Crippen LogP contribution in [0.15, 0.2) is 24.5 Å². The number of hydrogen-bond donors (Lipinski definition) is 2. The van der Waals surface area contributed by atoms with Gasteiger partial charge in [-0.1, -0.05) is 19.9 Å². The minimum atomic E-state index is -0.0892. The van der Waals surface area contributed by atoms with E-state index in [-0.39, 0.29) is 5.41 Å². The molecule has 0 spiro atoms. The fraction of sp³-hybridized carbons (Fsp3) is 0.364. The van der Waals surface area contributed by atoms with E-state index in [9.17, 15) is 0 Å². The van der Waals surface area contributed by atoms with Crippen molar-refractivity contribution >= 4 is 11.0 Å². The highest BCUT2D eigenvalue weighted by atomic mass is 16.6. The van der Waals surface area contributed by atoms with Crippen molar-refractivity contribution in [3.63, 3.8) is 0 Å². The summed E-state index contributed by atoms with van der Waals surface area (Å²) in [6, 6.07) is 6.14. The van der Waals surface area contributed by atoms with Crippen LogP contribution in [0.25, 0.3) is 11.0 Å². The number of fused-ring (bicyclic) bond motifs is 1. The van der Waals surface area contributed by atoms with Gasteiger partial charge in [0.25, 0.3) is 0 Å². The molecule has 15 heavy (non-hydrogen) atoms. The number of nitrogens with two attached hydrogens (primary N) is 1. The monoisotopic (exact) mass is 205 g/mol. The van der Waals surface area contributed by atoms with Gasteiger partial charge in [0.2, 0.25) is 0 Å². The van der Waals surface area contributed by atoms with Gasteiger partial charge in [-0.05, 0) is 17.7 Å². The number of hydrogen-bond acceptors (Lipinski definition) is 3. The minimum absolute atomic E-state index is 0.0892. The molecular weight excluding hydrogens is 190 g/mol. The number of aromatic amines is 1. The maximum absolute atomic E-state index is 5.12.